The summed E-state index contributed by atoms with van der Waals surface area (Å²) in [6, 6.07) is 2.12. The van der Waals surface area contributed by atoms with Gasteiger partial charge >= 0.3 is 0 Å². The highest BCUT2D eigenvalue weighted by Crippen LogP contribution is 2.13. The summed E-state index contributed by atoms with van der Waals surface area (Å²) in [5.74, 6) is 0. The Morgan fingerprint density at radius 2 is 2.00 bits per heavy atom. The molecule has 0 bridgehead atoms. The molecule has 4 heteroatoms. The Balaban J connectivity index is 2.36. The van der Waals surface area contributed by atoms with E-state index in [0.717, 1.165) is 19.6 Å². The van der Waals surface area contributed by atoms with Crippen LogP contribution in [-0.4, -0.2) is 42.3 Å². The van der Waals surface area contributed by atoms with Crippen molar-refractivity contribution in [2.45, 2.75) is 44.9 Å². The summed E-state index contributed by atoms with van der Waals surface area (Å²) in [5.41, 5.74) is 5.08. The maximum absolute atomic E-state index is 8.81. The van der Waals surface area contributed by atoms with Crippen molar-refractivity contribution in [3.63, 3.8) is 0 Å². The highest BCUT2D eigenvalue weighted by molar-refractivity contribution is 5.01. The number of rotatable bonds is 3. The molecule has 1 fully saturated rings. The van der Waals surface area contributed by atoms with Crippen LogP contribution in [0.2, 0.25) is 0 Å². The zero-order valence-corrected chi connectivity index (χ0v) is 9.86. The summed E-state index contributed by atoms with van der Waals surface area (Å²) in [4.78, 5) is 2.32. The molecule has 0 aromatic heterocycles. The maximum Gasteiger partial charge on any atom is 0.102 e. The van der Waals surface area contributed by atoms with Gasteiger partial charge in [-0.05, 0) is 27.2 Å². The minimum absolute atomic E-state index is 0.278. The van der Waals surface area contributed by atoms with E-state index in [-0.39, 0.29) is 12.2 Å². The fraction of sp³-hybridized carbons (Fsp3) is 0.909. The van der Waals surface area contributed by atoms with Gasteiger partial charge < -0.3 is 10.5 Å². The molecule has 0 aliphatic carbocycles. The molecule has 0 amide bonds. The minimum atomic E-state index is -0.704. The predicted octanol–water partition coefficient (Wildman–Crippen LogP) is 0.727. The lowest BCUT2D eigenvalue weighted by molar-refractivity contribution is -0.0687. The van der Waals surface area contributed by atoms with Crippen molar-refractivity contribution < 1.29 is 4.74 Å². The van der Waals surface area contributed by atoms with Gasteiger partial charge in [-0.1, -0.05) is 0 Å². The first-order valence-electron chi connectivity index (χ1n) is 5.51. The average molecular weight is 211 g/mol. The molecule has 2 N–H and O–H groups in total. The van der Waals surface area contributed by atoms with Crippen molar-refractivity contribution in [1.82, 2.24) is 4.90 Å². The van der Waals surface area contributed by atoms with Crippen LogP contribution in [0, 0.1) is 11.3 Å². The van der Waals surface area contributed by atoms with Gasteiger partial charge in [-0.2, -0.15) is 5.26 Å². The fourth-order valence-corrected chi connectivity index (χ4v) is 1.91. The third-order valence-electron chi connectivity index (χ3n) is 2.70. The average Bonchev–Trinajstić information content (AvgIpc) is 2.14. The van der Waals surface area contributed by atoms with Crippen molar-refractivity contribution in [1.29, 1.82) is 5.26 Å². The largest absolute Gasteiger partial charge is 0.373 e. The monoisotopic (exact) mass is 211 g/mol. The van der Waals surface area contributed by atoms with E-state index in [4.69, 9.17) is 15.7 Å². The molecular formula is C11H21N3O. The predicted molar refractivity (Wildman–Crippen MR) is 59.3 cm³/mol. The number of nitrogens with two attached hydrogens (primary N) is 1. The molecule has 0 spiro atoms. The molecule has 1 heterocycles. The van der Waals surface area contributed by atoms with E-state index >= 15 is 0 Å². The Bertz CT molecular complexity index is 237. The fourth-order valence-electron chi connectivity index (χ4n) is 1.91. The third kappa shape index (κ3) is 4.17. The Morgan fingerprint density at radius 1 is 1.47 bits per heavy atom. The summed E-state index contributed by atoms with van der Waals surface area (Å²) in [6.07, 6.45) is 1.27. The van der Waals surface area contributed by atoms with Crippen LogP contribution in [-0.2, 0) is 4.74 Å². The molecule has 0 aromatic rings. The van der Waals surface area contributed by atoms with Gasteiger partial charge in [0.1, 0.15) is 5.54 Å². The lowest BCUT2D eigenvalue weighted by Gasteiger charge is -2.36. The van der Waals surface area contributed by atoms with Crippen LogP contribution in [0.5, 0.6) is 0 Å². The number of hydrogen-bond donors (Lipinski definition) is 1. The van der Waals surface area contributed by atoms with Gasteiger partial charge in [-0.15, -0.1) is 0 Å². The van der Waals surface area contributed by atoms with Gasteiger partial charge in [0.15, 0.2) is 0 Å². The molecule has 0 radical (unpaired) electrons. The SMILES string of the molecule is CC1CN(CCC(C)(N)C#N)CC(C)O1. The second-order valence-electron chi connectivity index (χ2n) is 4.80. The van der Waals surface area contributed by atoms with E-state index in [2.05, 4.69) is 24.8 Å². The van der Waals surface area contributed by atoms with Gasteiger partial charge in [-0.3, -0.25) is 4.90 Å². The molecule has 4 nitrogen and oxygen atoms in total. The molecular weight excluding hydrogens is 190 g/mol. The van der Waals surface area contributed by atoms with E-state index in [1.54, 1.807) is 6.92 Å². The quantitative estimate of drug-likeness (QED) is 0.747. The minimum Gasteiger partial charge on any atom is -0.373 e. The Kier molecular flexibility index (Phi) is 4.09. The number of morpholine rings is 1. The van der Waals surface area contributed by atoms with Crippen LogP contribution in [0.1, 0.15) is 27.2 Å². The van der Waals surface area contributed by atoms with Crippen molar-refractivity contribution in [3.8, 4) is 6.07 Å². The lowest BCUT2D eigenvalue weighted by Crippen LogP contribution is -2.48. The summed E-state index contributed by atoms with van der Waals surface area (Å²) in [6.45, 7) is 8.68. The molecule has 1 saturated heterocycles. The van der Waals surface area contributed by atoms with Crippen LogP contribution in [0.25, 0.3) is 0 Å². The number of nitrogens with zero attached hydrogens (tertiary/aromatic N) is 2. The van der Waals surface area contributed by atoms with Crippen LogP contribution >= 0.6 is 0 Å². The first-order valence-corrected chi connectivity index (χ1v) is 5.51. The number of hydrogen-bond acceptors (Lipinski definition) is 4. The lowest BCUT2D eigenvalue weighted by atomic mass is 10.0. The second kappa shape index (κ2) is 4.93. The number of nitriles is 1. The van der Waals surface area contributed by atoms with Crippen LogP contribution in [0.4, 0.5) is 0 Å². The highest BCUT2D eigenvalue weighted by Gasteiger charge is 2.24. The van der Waals surface area contributed by atoms with Gasteiger partial charge in [0.25, 0.3) is 0 Å². The van der Waals surface area contributed by atoms with Crippen molar-refractivity contribution in [2.24, 2.45) is 5.73 Å². The van der Waals surface area contributed by atoms with E-state index in [0.29, 0.717) is 6.42 Å². The third-order valence-corrected chi connectivity index (χ3v) is 2.70. The molecule has 86 valence electrons. The summed E-state index contributed by atoms with van der Waals surface area (Å²) >= 11 is 0. The summed E-state index contributed by atoms with van der Waals surface area (Å²) in [7, 11) is 0. The molecule has 3 unspecified atom stereocenters. The molecule has 1 aliphatic rings. The van der Waals surface area contributed by atoms with Crippen LogP contribution in [0.15, 0.2) is 0 Å². The molecule has 1 aliphatic heterocycles. The van der Waals surface area contributed by atoms with Crippen LogP contribution in [0.3, 0.4) is 0 Å². The summed E-state index contributed by atoms with van der Waals surface area (Å²) < 4.78 is 5.64. The highest BCUT2D eigenvalue weighted by atomic mass is 16.5. The van der Waals surface area contributed by atoms with E-state index in [1.807, 2.05) is 0 Å². The topological polar surface area (TPSA) is 62.3 Å². The molecule has 0 saturated carbocycles. The first kappa shape index (κ1) is 12.4. The normalized spacial score (nSPS) is 31.9. The second-order valence-corrected chi connectivity index (χ2v) is 4.80. The van der Waals surface area contributed by atoms with Crippen LogP contribution < -0.4 is 5.73 Å². The first-order chi connectivity index (χ1) is 6.93. The number of ether oxygens (including phenoxy) is 1. The van der Waals surface area contributed by atoms with E-state index in [9.17, 15) is 0 Å². The van der Waals surface area contributed by atoms with Gasteiger partial charge in [0.05, 0.1) is 18.3 Å². The van der Waals surface area contributed by atoms with E-state index < -0.39 is 5.54 Å². The Hall–Kier alpha value is -0.630. The summed E-state index contributed by atoms with van der Waals surface area (Å²) in [5, 5.41) is 8.81. The van der Waals surface area contributed by atoms with Crippen molar-refractivity contribution in [3.05, 3.63) is 0 Å². The standard InChI is InChI=1S/C11H21N3O/c1-9-6-14(7-10(2)15-9)5-4-11(3,13)8-12/h9-10H,4-7,13H2,1-3H3. The molecule has 0 aromatic carbocycles. The Morgan fingerprint density at radius 3 is 2.47 bits per heavy atom. The molecule has 15 heavy (non-hydrogen) atoms. The molecule has 3 atom stereocenters. The van der Waals surface area contributed by atoms with Crippen molar-refractivity contribution >= 4 is 0 Å². The molecule has 1 rings (SSSR count). The van der Waals surface area contributed by atoms with E-state index in [1.165, 1.54) is 0 Å². The smallest absolute Gasteiger partial charge is 0.102 e. The van der Waals surface area contributed by atoms with Gasteiger partial charge in [0.2, 0.25) is 0 Å². The zero-order valence-electron chi connectivity index (χ0n) is 9.86. The van der Waals surface area contributed by atoms with Crippen molar-refractivity contribution in [2.75, 3.05) is 19.6 Å². The zero-order chi connectivity index (χ0) is 11.5. The van der Waals surface area contributed by atoms with Gasteiger partial charge in [-0.25, -0.2) is 0 Å². The van der Waals surface area contributed by atoms with Gasteiger partial charge in [0, 0.05) is 19.6 Å². The Labute approximate surface area is 92.0 Å². The maximum atomic E-state index is 8.81.